The molecule has 4 nitrogen and oxygen atoms in total. The lowest BCUT2D eigenvalue weighted by molar-refractivity contribution is -0.110. The lowest BCUT2D eigenvalue weighted by Crippen LogP contribution is -2.40. The van der Waals surface area contributed by atoms with Gasteiger partial charge in [-0.15, -0.1) is 0 Å². The van der Waals surface area contributed by atoms with Gasteiger partial charge in [0.25, 0.3) is 0 Å². The number of hydrogen-bond donors (Lipinski definition) is 1. The van der Waals surface area contributed by atoms with Gasteiger partial charge in [0, 0.05) is 0 Å². The molecule has 0 aromatic carbocycles. The van der Waals surface area contributed by atoms with Gasteiger partial charge < -0.3 is 14.8 Å². The first-order chi connectivity index (χ1) is 6.47. The first-order valence-corrected chi connectivity index (χ1v) is 4.86. The second kappa shape index (κ2) is 6.40. The zero-order valence-electron chi connectivity index (χ0n) is 9.24. The molecule has 0 spiro atoms. The third-order valence-electron chi connectivity index (χ3n) is 1.70. The highest BCUT2D eigenvalue weighted by molar-refractivity contribution is 5.73. The van der Waals surface area contributed by atoms with Crippen LogP contribution in [-0.4, -0.2) is 25.0 Å². The van der Waals surface area contributed by atoms with Gasteiger partial charge in [0.2, 0.25) is 0 Å². The molecule has 1 amide bonds. The smallest absolute Gasteiger partial charge is 0.407 e. The van der Waals surface area contributed by atoms with Gasteiger partial charge in [-0.1, -0.05) is 27.7 Å². The van der Waals surface area contributed by atoms with Crippen LogP contribution in [0, 0.1) is 11.8 Å². The Morgan fingerprint density at radius 3 is 2.29 bits per heavy atom. The van der Waals surface area contributed by atoms with E-state index in [4.69, 9.17) is 4.74 Å². The van der Waals surface area contributed by atoms with E-state index in [1.54, 1.807) is 0 Å². The molecule has 0 radical (unpaired) electrons. The summed E-state index contributed by atoms with van der Waals surface area (Å²) in [4.78, 5) is 21.7. The second-order valence-corrected chi connectivity index (χ2v) is 4.04. The number of nitrogens with one attached hydrogen (secondary N) is 1. The van der Waals surface area contributed by atoms with Crippen molar-refractivity contribution in [2.24, 2.45) is 11.8 Å². The fraction of sp³-hybridized carbons (Fsp3) is 0.800. The molecule has 0 rings (SSSR count). The van der Waals surface area contributed by atoms with Crippen molar-refractivity contribution in [1.29, 1.82) is 0 Å². The third-order valence-corrected chi connectivity index (χ3v) is 1.70. The van der Waals surface area contributed by atoms with Crippen molar-refractivity contribution in [3.63, 3.8) is 0 Å². The fourth-order valence-electron chi connectivity index (χ4n) is 0.778. The largest absolute Gasteiger partial charge is 0.449 e. The van der Waals surface area contributed by atoms with Crippen LogP contribution in [0.2, 0.25) is 0 Å². The van der Waals surface area contributed by atoms with Crippen LogP contribution in [0.25, 0.3) is 0 Å². The first-order valence-electron chi connectivity index (χ1n) is 4.86. The quantitative estimate of drug-likeness (QED) is 0.687. The fourth-order valence-corrected chi connectivity index (χ4v) is 0.778. The van der Waals surface area contributed by atoms with Gasteiger partial charge >= 0.3 is 6.09 Å². The van der Waals surface area contributed by atoms with Crippen LogP contribution in [0.3, 0.4) is 0 Å². The van der Waals surface area contributed by atoms with Gasteiger partial charge in [-0.3, -0.25) is 0 Å². The summed E-state index contributed by atoms with van der Waals surface area (Å²) < 4.78 is 4.88. The maximum Gasteiger partial charge on any atom is 0.407 e. The number of aldehydes is 1. The number of amides is 1. The Labute approximate surface area is 85.0 Å². The van der Waals surface area contributed by atoms with Gasteiger partial charge in [0.05, 0.1) is 12.6 Å². The monoisotopic (exact) mass is 201 g/mol. The van der Waals surface area contributed by atoms with Crippen molar-refractivity contribution in [2.45, 2.75) is 33.7 Å². The number of carbonyl (C=O) groups excluding carboxylic acids is 2. The van der Waals surface area contributed by atoms with E-state index in [0.29, 0.717) is 12.5 Å². The van der Waals surface area contributed by atoms with E-state index in [9.17, 15) is 9.59 Å². The average Bonchev–Trinajstić information content (AvgIpc) is 2.10. The Bertz CT molecular complexity index is 190. The molecule has 0 fully saturated rings. The Morgan fingerprint density at radius 1 is 1.36 bits per heavy atom. The van der Waals surface area contributed by atoms with Crippen LogP contribution in [0.5, 0.6) is 0 Å². The molecule has 4 heteroatoms. The van der Waals surface area contributed by atoms with Crippen molar-refractivity contribution in [3.8, 4) is 0 Å². The molecule has 82 valence electrons. The Balaban J connectivity index is 3.85. The van der Waals surface area contributed by atoms with Gasteiger partial charge in [0.1, 0.15) is 6.29 Å². The van der Waals surface area contributed by atoms with Crippen LogP contribution >= 0.6 is 0 Å². The number of hydrogen-bond acceptors (Lipinski definition) is 3. The van der Waals surface area contributed by atoms with Crippen LogP contribution in [0.15, 0.2) is 0 Å². The minimum absolute atomic E-state index is 0.0825. The molecule has 1 atom stereocenters. The minimum Gasteiger partial charge on any atom is -0.449 e. The Hall–Kier alpha value is -1.06. The molecule has 0 saturated carbocycles. The minimum atomic E-state index is -0.524. The molecule has 0 aliphatic carbocycles. The van der Waals surface area contributed by atoms with Crippen molar-refractivity contribution in [3.05, 3.63) is 0 Å². The molecule has 1 unspecified atom stereocenters. The number of alkyl carbamates (subject to hydrolysis) is 1. The van der Waals surface area contributed by atoms with E-state index in [-0.39, 0.29) is 5.92 Å². The van der Waals surface area contributed by atoms with E-state index in [1.165, 1.54) is 0 Å². The Kier molecular flexibility index (Phi) is 5.92. The zero-order chi connectivity index (χ0) is 11.1. The number of rotatable bonds is 5. The normalized spacial score (nSPS) is 12.7. The Morgan fingerprint density at radius 2 is 1.93 bits per heavy atom. The molecule has 0 bridgehead atoms. The van der Waals surface area contributed by atoms with Crippen molar-refractivity contribution < 1.29 is 14.3 Å². The van der Waals surface area contributed by atoms with Crippen LogP contribution in [0.4, 0.5) is 4.79 Å². The molecule has 14 heavy (non-hydrogen) atoms. The summed E-state index contributed by atoms with van der Waals surface area (Å²) >= 11 is 0. The summed E-state index contributed by atoms with van der Waals surface area (Å²) in [5, 5.41) is 2.49. The molecule has 0 heterocycles. The van der Waals surface area contributed by atoms with E-state index >= 15 is 0 Å². The summed E-state index contributed by atoms with van der Waals surface area (Å²) in [5.41, 5.74) is 0. The maximum absolute atomic E-state index is 11.1. The first kappa shape index (κ1) is 12.9. The number of carbonyl (C=O) groups is 2. The van der Waals surface area contributed by atoms with Crippen LogP contribution in [-0.2, 0) is 9.53 Å². The molecule has 0 aromatic rings. The van der Waals surface area contributed by atoms with E-state index < -0.39 is 12.1 Å². The number of ether oxygens (including phenoxy) is 1. The average molecular weight is 201 g/mol. The summed E-state index contributed by atoms with van der Waals surface area (Å²) in [6, 6.07) is -0.463. The van der Waals surface area contributed by atoms with Crippen molar-refractivity contribution in [1.82, 2.24) is 5.32 Å². The molecule has 0 aliphatic heterocycles. The predicted molar refractivity (Wildman–Crippen MR) is 54.0 cm³/mol. The predicted octanol–water partition coefficient (Wildman–Crippen LogP) is 1.59. The third kappa shape index (κ3) is 5.56. The molecular formula is C10H19NO3. The molecule has 0 saturated heterocycles. The summed E-state index contributed by atoms with van der Waals surface area (Å²) in [6.45, 7) is 8.00. The summed E-state index contributed by atoms with van der Waals surface area (Å²) in [5.74, 6) is 0.383. The van der Waals surface area contributed by atoms with Crippen LogP contribution < -0.4 is 5.32 Å². The van der Waals surface area contributed by atoms with Gasteiger partial charge in [-0.25, -0.2) is 4.79 Å². The van der Waals surface area contributed by atoms with Crippen molar-refractivity contribution >= 4 is 12.4 Å². The highest BCUT2D eigenvalue weighted by atomic mass is 16.5. The maximum atomic E-state index is 11.1. The SMILES string of the molecule is CC(C)COC(=O)NC(C=O)C(C)C. The van der Waals surface area contributed by atoms with E-state index in [0.717, 1.165) is 6.29 Å². The topological polar surface area (TPSA) is 55.4 Å². The molecule has 1 N–H and O–H groups in total. The zero-order valence-corrected chi connectivity index (χ0v) is 9.24. The molecule has 0 aliphatic rings. The van der Waals surface area contributed by atoms with Gasteiger partial charge in [-0.2, -0.15) is 0 Å². The van der Waals surface area contributed by atoms with E-state index in [2.05, 4.69) is 5.32 Å². The lowest BCUT2D eigenvalue weighted by atomic mass is 10.1. The molecular weight excluding hydrogens is 182 g/mol. The van der Waals surface area contributed by atoms with Gasteiger partial charge in [-0.05, 0) is 11.8 Å². The molecule has 0 aromatic heterocycles. The van der Waals surface area contributed by atoms with E-state index in [1.807, 2.05) is 27.7 Å². The lowest BCUT2D eigenvalue weighted by Gasteiger charge is -2.16. The van der Waals surface area contributed by atoms with Gasteiger partial charge in [0.15, 0.2) is 0 Å². The van der Waals surface area contributed by atoms with Crippen LogP contribution in [0.1, 0.15) is 27.7 Å². The highest BCUT2D eigenvalue weighted by Gasteiger charge is 2.15. The van der Waals surface area contributed by atoms with Crippen molar-refractivity contribution in [2.75, 3.05) is 6.61 Å². The second-order valence-electron chi connectivity index (χ2n) is 4.04. The standard InChI is InChI=1S/C10H19NO3/c1-7(2)6-14-10(13)11-9(5-12)8(3)4/h5,7-9H,6H2,1-4H3,(H,11,13). The summed E-state index contributed by atoms with van der Waals surface area (Å²) in [7, 11) is 0. The summed E-state index contributed by atoms with van der Waals surface area (Å²) in [6.07, 6.45) is 0.200. The highest BCUT2D eigenvalue weighted by Crippen LogP contribution is 1.99.